The number of rotatable bonds is 9. The van der Waals surface area contributed by atoms with Crippen LogP contribution in [-0.4, -0.2) is 8.80 Å². The summed E-state index contributed by atoms with van der Waals surface area (Å²) in [5.41, 5.74) is 0. The van der Waals surface area contributed by atoms with E-state index in [2.05, 4.69) is 20.0 Å². The third-order valence-electron chi connectivity index (χ3n) is 2.64. The topological polar surface area (TPSA) is 0 Å². The number of hydrogen-bond acceptors (Lipinski definition) is 0. The Kier molecular flexibility index (Phi) is 15.6. The van der Waals surface area contributed by atoms with Crippen molar-refractivity contribution in [2.45, 2.75) is 77.4 Å². The van der Waals surface area contributed by atoms with Gasteiger partial charge in [-0.05, 0) is 0 Å². The molecule has 0 rings (SSSR count). The van der Waals surface area contributed by atoms with Gasteiger partial charge in [-0.25, -0.2) is 0 Å². The molecule has 0 aliphatic carbocycles. The molecular formula is C12H29FSi. The molecule has 0 nitrogen and oxygen atoms in total. The van der Waals surface area contributed by atoms with Gasteiger partial charge in [0.05, 0.1) is 0 Å². The summed E-state index contributed by atoms with van der Waals surface area (Å²) in [7, 11) is -0.240. The van der Waals surface area contributed by atoms with Crippen molar-refractivity contribution >= 4 is 8.80 Å². The molecule has 0 unspecified atom stereocenters. The summed E-state index contributed by atoms with van der Waals surface area (Å²) >= 11 is 0. The molecule has 0 N–H and O–H groups in total. The van der Waals surface area contributed by atoms with E-state index in [-0.39, 0.29) is 13.5 Å². The molecule has 0 atom stereocenters. The summed E-state index contributed by atoms with van der Waals surface area (Å²) in [6.07, 6.45) is 11.7. The molecule has 0 aliphatic rings. The van der Waals surface area contributed by atoms with E-state index in [4.69, 9.17) is 0 Å². The quantitative estimate of drug-likeness (QED) is 0.388. The van der Waals surface area contributed by atoms with Gasteiger partial charge in [0, 0.05) is 8.80 Å². The van der Waals surface area contributed by atoms with E-state index in [0.717, 1.165) is 0 Å². The standard InChI is InChI=1S/C12H28Si.FH/c1-4-5-6-7-8-9-10-11-12-13(2)3;/h13H,4-12H2,1-3H3;1H. The Hall–Kier alpha value is 0.147. The first kappa shape index (κ1) is 16.6. The van der Waals surface area contributed by atoms with Crippen molar-refractivity contribution in [3.05, 3.63) is 0 Å². The van der Waals surface area contributed by atoms with Crippen LogP contribution in [0.25, 0.3) is 0 Å². The van der Waals surface area contributed by atoms with Crippen LogP contribution in [0.4, 0.5) is 4.70 Å². The highest BCUT2D eigenvalue weighted by atomic mass is 28.3. The lowest BCUT2D eigenvalue weighted by atomic mass is 10.1. The zero-order chi connectivity index (χ0) is 9.94. The first-order chi connectivity index (χ1) is 6.27. The maximum Gasteiger partial charge on any atom is 0.0305 e. The van der Waals surface area contributed by atoms with Gasteiger partial charge in [-0.3, -0.25) is 4.70 Å². The van der Waals surface area contributed by atoms with E-state index in [1.807, 2.05) is 0 Å². The molecule has 0 aliphatic heterocycles. The predicted octanol–water partition coefficient (Wildman–Crippen LogP) is 4.77. The summed E-state index contributed by atoms with van der Waals surface area (Å²) in [5.74, 6) is 0. The fourth-order valence-electron chi connectivity index (χ4n) is 1.69. The van der Waals surface area contributed by atoms with Crippen molar-refractivity contribution in [1.82, 2.24) is 0 Å². The van der Waals surface area contributed by atoms with Crippen molar-refractivity contribution in [2.24, 2.45) is 0 Å². The van der Waals surface area contributed by atoms with Crippen LogP contribution in [0.3, 0.4) is 0 Å². The van der Waals surface area contributed by atoms with Crippen LogP contribution in [0.15, 0.2) is 0 Å². The second-order valence-corrected chi connectivity index (χ2v) is 8.02. The largest absolute Gasteiger partial charge is 0.269 e. The minimum absolute atomic E-state index is 0. The van der Waals surface area contributed by atoms with E-state index in [9.17, 15) is 0 Å². The molecule has 0 saturated heterocycles. The van der Waals surface area contributed by atoms with E-state index in [1.165, 1.54) is 51.4 Å². The molecule has 0 heterocycles. The Morgan fingerprint density at radius 2 is 1.14 bits per heavy atom. The summed E-state index contributed by atoms with van der Waals surface area (Å²) < 4.78 is 0. The molecule has 0 aromatic carbocycles. The van der Waals surface area contributed by atoms with Gasteiger partial charge in [-0.1, -0.05) is 77.4 Å². The fourth-order valence-corrected chi connectivity index (χ4v) is 2.79. The molecule has 0 aromatic heterocycles. The summed E-state index contributed by atoms with van der Waals surface area (Å²) in [6, 6.07) is 1.56. The van der Waals surface area contributed by atoms with Crippen LogP contribution in [0, 0.1) is 0 Å². The number of unbranched alkanes of at least 4 members (excludes halogenated alkanes) is 7. The van der Waals surface area contributed by atoms with Crippen LogP contribution in [0.2, 0.25) is 19.1 Å². The average molecular weight is 220 g/mol. The van der Waals surface area contributed by atoms with Crippen LogP contribution in [0.5, 0.6) is 0 Å². The van der Waals surface area contributed by atoms with Gasteiger partial charge in [-0.15, -0.1) is 0 Å². The normalized spacial score (nSPS) is 10.3. The molecule has 0 spiro atoms. The SMILES string of the molecule is CCCCCCCCCC[SiH](C)C.F. The molecule has 14 heavy (non-hydrogen) atoms. The zero-order valence-corrected chi connectivity index (χ0v) is 11.5. The molecule has 0 bridgehead atoms. The smallest absolute Gasteiger partial charge is 0.0305 e. The maximum atomic E-state index is 2.46. The van der Waals surface area contributed by atoms with E-state index in [0.29, 0.717) is 0 Å². The highest BCUT2D eigenvalue weighted by Gasteiger charge is 1.95. The van der Waals surface area contributed by atoms with Crippen molar-refractivity contribution in [3.63, 3.8) is 0 Å². The van der Waals surface area contributed by atoms with Gasteiger partial charge in [0.1, 0.15) is 0 Å². The third kappa shape index (κ3) is 14.7. The maximum absolute atomic E-state index is 2.46. The predicted molar refractivity (Wildman–Crippen MR) is 68.8 cm³/mol. The first-order valence-electron chi connectivity index (χ1n) is 6.27. The Bertz CT molecular complexity index is 94.3. The molecule has 0 aromatic rings. The lowest BCUT2D eigenvalue weighted by molar-refractivity contribution is 0.584. The van der Waals surface area contributed by atoms with Crippen molar-refractivity contribution < 1.29 is 4.70 Å². The van der Waals surface area contributed by atoms with Crippen LogP contribution >= 0.6 is 0 Å². The molecule has 88 valence electrons. The van der Waals surface area contributed by atoms with Gasteiger partial charge < -0.3 is 0 Å². The zero-order valence-electron chi connectivity index (χ0n) is 10.3. The van der Waals surface area contributed by atoms with Crippen LogP contribution < -0.4 is 0 Å². The molecule has 0 fully saturated rings. The van der Waals surface area contributed by atoms with Crippen molar-refractivity contribution in [3.8, 4) is 0 Å². The van der Waals surface area contributed by atoms with E-state index < -0.39 is 0 Å². The Balaban J connectivity index is 0. The second kappa shape index (κ2) is 13.1. The highest BCUT2D eigenvalue weighted by Crippen LogP contribution is 2.10. The summed E-state index contributed by atoms with van der Waals surface area (Å²) in [4.78, 5) is 0. The molecule has 2 heteroatoms. The molecule has 0 saturated carbocycles. The Labute approximate surface area is 91.5 Å². The lowest BCUT2D eigenvalue weighted by Gasteiger charge is -2.03. The molecule has 0 radical (unpaired) electrons. The minimum Gasteiger partial charge on any atom is -0.269 e. The Morgan fingerprint density at radius 3 is 1.57 bits per heavy atom. The van der Waals surface area contributed by atoms with Gasteiger partial charge in [0.15, 0.2) is 0 Å². The van der Waals surface area contributed by atoms with Gasteiger partial charge in [-0.2, -0.15) is 0 Å². The highest BCUT2D eigenvalue weighted by molar-refractivity contribution is 6.55. The number of hydrogen-bond donors (Lipinski definition) is 0. The van der Waals surface area contributed by atoms with E-state index >= 15 is 0 Å². The first-order valence-corrected chi connectivity index (χ1v) is 9.40. The van der Waals surface area contributed by atoms with Gasteiger partial charge in [0.2, 0.25) is 0 Å². The third-order valence-corrected chi connectivity index (χ3v) is 4.20. The molecule has 0 amide bonds. The molecular weight excluding hydrogens is 191 g/mol. The van der Waals surface area contributed by atoms with Crippen LogP contribution in [0.1, 0.15) is 58.3 Å². The minimum atomic E-state index is -0.240. The lowest BCUT2D eigenvalue weighted by Crippen LogP contribution is -1.97. The van der Waals surface area contributed by atoms with Crippen LogP contribution in [-0.2, 0) is 0 Å². The van der Waals surface area contributed by atoms with Gasteiger partial charge in [0.25, 0.3) is 0 Å². The van der Waals surface area contributed by atoms with Crippen molar-refractivity contribution in [1.29, 1.82) is 0 Å². The monoisotopic (exact) mass is 220 g/mol. The average Bonchev–Trinajstić information content (AvgIpc) is 2.09. The summed E-state index contributed by atoms with van der Waals surface area (Å²) in [6.45, 7) is 7.20. The van der Waals surface area contributed by atoms with Gasteiger partial charge >= 0.3 is 0 Å². The summed E-state index contributed by atoms with van der Waals surface area (Å²) in [5, 5.41) is 0. The fraction of sp³-hybridized carbons (Fsp3) is 1.00. The number of halogens is 1. The Morgan fingerprint density at radius 1 is 0.714 bits per heavy atom. The van der Waals surface area contributed by atoms with Crippen molar-refractivity contribution in [2.75, 3.05) is 0 Å². The van der Waals surface area contributed by atoms with E-state index in [1.54, 1.807) is 6.04 Å². The second-order valence-electron chi connectivity index (χ2n) is 4.66.